The Balaban J connectivity index is 1.49. The highest BCUT2D eigenvalue weighted by atomic mass is 16.5. The SMILES string of the molecule is COc1cc(C(=O)N2CCN(c3nccn3-c3ccc(C)cc3)CC2)cc(OC)c1OC. The standard InChI is InChI=1S/C24H28N4O4/c1-17-5-7-19(8-6-17)28-10-9-25-24(28)27-13-11-26(12-14-27)23(29)18-15-20(30-2)22(32-4)21(16-18)31-3/h5-10,15-16H,11-14H2,1-4H3. The number of hydrogen-bond acceptors (Lipinski definition) is 6. The number of carbonyl (C=O) groups is 1. The van der Waals surface area contributed by atoms with Crippen molar-refractivity contribution in [2.45, 2.75) is 6.92 Å². The molecule has 0 radical (unpaired) electrons. The maximum atomic E-state index is 13.2. The molecule has 1 fully saturated rings. The number of imidazole rings is 1. The van der Waals surface area contributed by atoms with E-state index in [1.54, 1.807) is 33.5 Å². The zero-order chi connectivity index (χ0) is 22.7. The molecular formula is C24H28N4O4. The van der Waals surface area contributed by atoms with Gasteiger partial charge in [-0.2, -0.15) is 0 Å². The number of hydrogen-bond donors (Lipinski definition) is 0. The van der Waals surface area contributed by atoms with Crippen LogP contribution < -0.4 is 19.1 Å². The van der Waals surface area contributed by atoms with E-state index in [2.05, 4.69) is 45.6 Å². The predicted octanol–water partition coefficient (Wildman–Crippen LogP) is 3.17. The predicted molar refractivity (Wildman–Crippen MR) is 123 cm³/mol. The van der Waals surface area contributed by atoms with Crippen LogP contribution in [0.15, 0.2) is 48.8 Å². The van der Waals surface area contributed by atoms with Gasteiger partial charge in [-0.3, -0.25) is 9.36 Å². The quantitative estimate of drug-likeness (QED) is 0.591. The van der Waals surface area contributed by atoms with Crippen molar-refractivity contribution in [1.29, 1.82) is 0 Å². The fourth-order valence-electron chi connectivity index (χ4n) is 3.93. The van der Waals surface area contributed by atoms with E-state index in [-0.39, 0.29) is 5.91 Å². The topological polar surface area (TPSA) is 69.1 Å². The smallest absolute Gasteiger partial charge is 0.254 e. The second-order valence-corrected chi connectivity index (χ2v) is 7.63. The van der Waals surface area contributed by atoms with Crippen molar-refractivity contribution in [2.75, 3.05) is 52.4 Å². The van der Waals surface area contributed by atoms with E-state index < -0.39 is 0 Å². The molecule has 0 spiro atoms. The van der Waals surface area contributed by atoms with E-state index in [9.17, 15) is 4.79 Å². The number of amides is 1. The Morgan fingerprint density at radius 1 is 0.906 bits per heavy atom. The van der Waals surface area contributed by atoms with E-state index in [4.69, 9.17) is 14.2 Å². The van der Waals surface area contributed by atoms with Crippen molar-refractivity contribution in [3.05, 3.63) is 59.9 Å². The van der Waals surface area contributed by atoms with Crippen LogP contribution in [0.5, 0.6) is 17.2 Å². The molecule has 1 aromatic heterocycles. The number of nitrogens with zero attached hydrogens (tertiary/aromatic N) is 4. The Labute approximate surface area is 187 Å². The minimum atomic E-state index is -0.0641. The van der Waals surface area contributed by atoms with E-state index in [0.29, 0.717) is 49.0 Å². The Hall–Kier alpha value is -3.68. The fourth-order valence-corrected chi connectivity index (χ4v) is 3.93. The van der Waals surface area contributed by atoms with Gasteiger partial charge in [0.2, 0.25) is 11.7 Å². The third-order valence-electron chi connectivity index (χ3n) is 5.69. The maximum Gasteiger partial charge on any atom is 0.254 e. The summed E-state index contributed by atoms with van der Waals surface area (Å²) >= 11 is 0. The van der Waals surface area contributed by atoms with Crippen molar-refractivity contribution in [3.8, 4) is 22.9 Å². The van der Waals surface area contributed by atoms with Crippen LogP contribution in [-0.2, 0) is 0 Å². The van der Waals surface area contributed by atoms with Gasteiger partial charge in [0, 0.05) is 49.8 Å². The maximum absolute atomic E-state index is 13.2. The number of benzene rings is 2. The highest BCUT2D eigenvalue weighted by Gasteiger charge is 2.26. The molecule has 3 aromatic rings. The molecule has 2 aromatic carbocycles. The number of ether oxygens (including phenoxy) is 3. The molecule has 1 aliphatic rings. The zero-order valence-electron chi connectivity index (χ0n) is 18.9. The van der Waals surface area contributed by atoms with Crippen LogP contribution in [-0.4, -0.2) is 67.9 Å². The first kappa shape index (κ1) is 21.5. The van der Waals surface area contributed by atoms with Gasteiger partial charge in [-0.1, -0.05) is 17.7 Å². The Bertz CT molecular complexity index is 1060. The summed E-state index contributed by atoms with van der Waals surface area (Å²) in [6.07, 6.45) is 3.77. The summed E-state index contributed by atoms with van der Waals surface area (Å²) in [7, 11) is 4.63. The number of rotatable bonds is 6. The Morgan fingerprint density at radius 3 is 2.09 bits per heavy atom. The van der Waals surface area contributed by atoms with Crippen molar-refractivity contribution >= 4 is 11.9 Å². The van der Waals surface area contributed by atoms with Gasteiger partial charge in [-0.25, -0.2) is 4.98 Å². The van der Waals surface area contributed by atoms with Gasteiger partial charge in [0.25, 0.3) is 5.91 Å². The third kappa shape index (κ3) is 4.08. The molecular weight excluding hydrogens is 408 g/mol. The molecule has 0 unspecified atom stereocenters. The molecule has 0 atom stereocenters. The van der Waals surface area contributed by atoms with Gasteiger partial charge < -0.3 is 24.0 Å². The first-order valence-corrected chi connectivity index (χ1v) is 10.5. The highest BCUT2D eigenvalue weighted by molar-refractivity contribution is 5.95. The van der Waals surface area contributed by atoms with E-state index in [0.717, 1.165) is 11.6 Å². The van der Waals surface area contributed by atoms with Gasteiger partial charge in [0.1, 0.15) is 0 Å². The summed E-state index contributed by atoms with van der Waals surface area (Å²) in [6.45, 7) is 4.65. The van der Waals surface area contributed by atoms with Gasteiger partial charge >= 0.3 is 0 Å². The van der Waals surface area contributed by atoms with Crippen molar-refractivity contribution in [3.63, 3.8) is 0 Å². The zero-order valence-corrected chi connectivity index (χ0v) is 18.9. The summed E-state index contributed by atoms with van der Waals surface area (Å²) in [5, 5.41) is 0. The second-order valence-electron chi connectivity index (χ2n) is 7.63. The van der Waals surface area contributed by atoms with Crippen LogP contribution in [0.4, 0.5) is 5.95 Å². The average Bonchev–Trinajstić information content (AvgIpc) is 3.33. The number of carbonyl (C=O) groups excluding carboxylic acids is 1. The summed E-state index contributed by atoms with van der Waals surface area (Å²) < 4.78 is 18.2. The number of anilines is 1. The minimum absolute atomic E-state index is 0.0641. The molecule has 8 heteroatoms. The largest absolute Gasteiger partial charge is 0.493 e. The van der Waals surface area contributed by atoms with Crippen molar-refractivity contribution < 1.29 is 19.0 Å². The lowest BCUT2D eigenvalue weighted by Gasteiger charge is -2.35. The molecule has 4 rings (SSSR count). The molecule has 32 heavy (non-hydrogen) atoms. The van der Waals surface area contributed by atoms with Crippen molar-refractivity contribution in [2.24, 2.45) is 0 Å². The lowest BCUT2D eigenvalue weighted by Crippen LogP contribution is -2.49. The lowest BCUT2D eigenvalue weighted by molar-refractivity contribution is 0.0745. The van der Waals surface area contributed by atoms with E-state index in [1.807, 2.05) is 17.3 Å². The van der Waals surface area contributed by atoms with Gasteiger partial charge in [0.15, 0.2) is 11.5 Å². The van der Waals surface area contributed by atoms with Crippen LogP contribution in [0, 0.1) is 6.92 Å². The summed E-state index contributed by atoms with van der Waals surface area (Å²) in [5.74, 6) is 2.22. The van der Waals surface area contributed by atoms with Crippen LogP contribution in [0.25, 0.3) is 5.69 Å². The van der Waals surface area contributed by atoms with Gasteiger partial charge in [-0.05, 0) is 31.2 Å². The Kier molecular flexibility index (Phi) is 6.20. The molecule has 1 amide bonds. The second kappa shape index (κ2) is 9.21. The third-order valence-corrected chi connectivity index (χ3v) is 5.69. The first-order valence-electron chi connectivity index (χ1n) is 10.5. The molecule has 2 heterocycles. The molecule has 0 bridgehead atoms. The molecule has 168 valence electrons. The van der Waals surface area contributed by atoms with Crippen LogP contribution >= 0.6 is 0 Å². The average molecular weight is 437 g/mol. The molecule has 0 N–H and O–H groups in total. The number of piperazine rings is 1. The molecule has 0 aliphatic carbocycles. The summed E-state index contributed by atoms with van der Waals surface area (Å²) in [6, 6.07) is 11.7. The monoisotopic (exact) mass is 436 g/mol. The fraction of sp³-hybridized carbons (Fsp3) is 0.333. The lowest BCUT2D eigenvalue weighted by atomic mass is 10.1. The summed E-state index contributed by atoms with van der Waals surface area (Å²) in [5.41, 5.74) is 2.79. The number of aryl methyl sites for hydroxylation is 1. The first-order chi connectivity index (χ1) is 15.5. The summed E-state index contributed by atoms with van der Waals surface area (Å²) in [4.78, 5) is 21.8. The van der Waals surface area contributed by atoms with Crippen LogP contribution in [0.2, 0.25) is 0 Å². The number of methoxy groups -OCH3 is 3. The van der Waals surface area contributed by atoms with Gasteiger partial charge in [-0.15, -0.1) is 0 Å². The number of aromatic nitrogens is 2. The molecule has 1 saturated heterocycles. The Morgan fingerprint density at radius 2 is 1.53 bits per heavy atom. The normalized spacial score (nSPS) is 13.8. The molecule has 0 saturated carbocycles. The van der Waals surface area contributed by atoms with Crippen LogP contribution in [0.3, 0.4) is 0 Å². The molecule has 8 nitrogen and oxygen atoms in total. The van der Waals surface area contributed by atoms with Crippen LogP contribution in [0.1, 0.15) is 15.9 Å². The highest BCUT2D eigenvalue weighted by Crippen LogP contribution is 2.38. The van der Waals surface area contributed by atoms with E-state index >= 15 is 0 Å². The molecule has 1 aliphatic heterocycles. The van der Waals surface area contributed by atoms with Crippen molar-refractivity contribution in [1.82, 2.24) is 14.5 Å². The van der Waals surface area contributed by atoms with Gasteiger partial charge in [0.05, 0.1) is 21.3 Å². The van der Waals surface area contributed by atoms with E-state index in [1.165, 1.54) is 5.56 Å². The minimum Gasteiger partial charge on any atom is -0.493 e.